The number of thioether (sulfide) groups is 1. The van der Waals surface area contributed by atoms with Crippen molar-refractivity contribution < 1.29 is 14.3 Å². The van der Waals surface area contributed by atoms with Crippen molar-refractivity contribution in [3.8, 4) is 0 Å². The molecule has 2 saturated carbocycles. The van der Waals surface area contributed by atoms with Crippen LogP contribution in [0.4, 0.5) is 4.79 Å². The van der Waals surface area contributed by atoms with E-state index in [9.17, 15) is 9.59 Å². The van der Waals surface area contributed by atoms with Gasteiger partial charge in [0, 0.05) is 35.9 Å². The molecule has 3 heterocycles. The summed E-state index contributed by atoms with van der Waals surface area (Å²) in [6.45, 7) is 10.8. The van der Waals surface area contributed by atoms with E-state index in [2.05, 4.69) is 21.9 Å². The van der Waals surface area contributed by atoms with Crippen LogP contribution >= 0.6 is 11.8 Å². The van der Waals surface area contributed by atoms with Gasteiger partial charge in [-0.05, 0) is 77.3 Å². The lowest BCUT2D eigenvalue weighted by molar-refractivity contribution is -0.125. The molecule has 184 valence electrons. The van der Waals surface area contributed by atoms with Gasteiger partial charge in [-0.3, -0.25) is 4.79 Å². The van der Waals surface area contributed by atoms with Gasteiger partial charge in [0.2, 0.25) is 5.91 Å². The van der Waals surface area contributed by atoms with Crippen molar-refractivity contribution in [2.75, 3.05) is 18.8 Å². The summed E-state index contributed by atoms with van der Waals surface area (Å²) in [4.78, 5) is 33.2. The number of pyridine rings is 1. The van der Waals surface area contributed by atoms with Crippen LogP contribution in [0.1, 0.15) is 59.7 Å². The first-order chi connectivity index (χ1) is 16.0. The Morgan fingerprint density at radius 2 is 1.88 bits per heavy atom. The van der Waals surface area contributed by atoms with E-state index in [1.807, 2.05) is 58.8 Å². The largest absolute Gasteiger partial charge is 0.444 e. The number of rotatable bonds is 6. The summed E-state index contributed by atoms with van der Waals surface area (Å²) < 4.78 is 7.59. The SMILES string of the molecule is CC(C)(C)OC(=O)N1C[C@@H]2C(C(=O)NC(C)(C)c3ncc4c(SCC5CCC5)cccn34)[C@@H]2C1. The molecule has 3 atom stereocenters. The van der Waals surface area contributed by atoms with Crippen molar-refractivity contribution in [3.63, 3.8) is 0 Å². The molecule has 3 fully saturated rings. The number of amides is 2. The molecule has 2 aliphatic carbocycles. The third kappa shape index (κ3) is 4.53. The second-order valence-corrected chi connectivity index (χ2v) is 12.7. The average Bonchev–Trinajstić information content (AvgIpc) is 3.04. The zero-order valence-electron chi connectivity index (χ0n) is 20.8. The van der Waals surface area contributed by atoms with Crippen LogP contribution in [-0.4, -0.2) is 50.7 Å². The number of carbonyl (C=O) groups is 2. The van der Waals surface area contributed by atoms with E-state index in [4.69, 9.17) is 9.72 Å². The van der Waals surface area contributed by atoms with Gasteiger partial charge in [0.15, 0.2) is 0 Å². The zero-order valence-corrected chi connectivity index (χ0v) is 21.7. The molecule has 2 aromatic heterocycles. The quantitative estimate of drug-likeness (QED) is 0.602. The topological polar surface area (TPSA) is 75.9 Å². The van der Waals surface area contributed by atoms with Gasteiger partial charge in [-0.25, -0.2) is 9.78 Å². The minimum absolute atomic E-state index is 0.0437. The Labute approximate surface area is 206 Å². The number of piperidine rings is 1. The van der Waals surface area contributed by atoms with Crippen molar-refractivity contribution in [2.24, 2.45) is 23.7 Å². The number of ether oxygens (including phenoxy) is 1. The van der Waals surface area contributed by atoms with E-state index < -0.39 is 11.1 Å². The normalized spacial score (nSPS) is 24.6. The predicted molar refractivity (Wildman–Crippen MR) is 133 cm³/mol. The van der Waals surface area contributed by atoms with E-state index in [1.165, 1.54) is 24.2 Å². The Morgan fingerprint density at radius 1 is 1.18 bits per heavy atom. The summed E-state index contributed by atoms with van der Waals surface area (Å²) in [5.41, 5.74) is -0.0177. The Kier molecular flexibility index (Phi) is 5.86. The fourth-order valence-corrected chi connectivity index (χ4v) is 6.51. The molecule has 2 amide bonds. The first kappa shape index (κ1) is 23.5. The number of imidazole rings is 1. The van der Waals surface area contributed by atoms with Gasteiger partial charge in [0.25, 0.3) is 0 Å². The van der Waals surface area contributed by atoms with Crippen LogP contribution in [-0.2, 0) is 15.1 Å². The van der Waals surface area contributed by atoms with Crippen molar-refractivity contribution in [3.05, 3.63) is 30.4 Å². The fourth-order valence-electron chi connectivity index (χ4n) is 5.29. The van der Waals surface area contributed by atoms with Crippen LogP contribution in [0, 0.1) is 23.7 Å². The van der Waals surface area contributed by atoms with Crippen LogP contribution in [0.25, 0.3) is 5.52 Å². The van der Waals surface area contributed by atoms with Crippen molar-refractivity contribution in [1.29, 1.82) is 0 Å². The minimum atomic E-state index is -0.609. The summed E-state index contributed by atoms with van der Waals surface area (Å²) in [6.07, 6.45) is 7.73. The first-order valence-electron chi connectivity index (χ1n) is 12.4. The van der Waals surface area contributed by atoms with E-state index in [1.54, 1.807) is 4.90 Å². The smallest absolute Gasteiger partial charge is 0.410 e. The number of hydrogen-bond donors (Lipinski definition) is 1. The van der Waals surface area contributed by atoms with Gasteiger partial charge < -0.3 is 19.4 Å². The summed E-state index contributed by atoms with van der Waals surface area (Å²) in [7, 11) is 0. The standard InChI is InChI=1S/C26H36N4O3S/c1-25(2,3)33-24(32)29-13-17-18(14-29)21(17)22(31)28-26(4,5)23-27-12-19-20(10-7-11-30(19)23)34-15-16-8-6-9-16/h7,10-12,16-18,21H,6,8-9,13-15H2,1-5H3,(H,28,31)/t17-,18+,21?. The maximum absolute atomic E-state index is 13.2. The predicted octanol–water partition coefficient (Wildman–Crippen LogP) is 4.69. The minimum Gasteiger partial charge on any atom is -0.444 e. The Morgan fingerprint density at radius 3 is 2.50 bits per heavy atom. The highest BCUT2D eigenvalue weighted by Crippen LogP contribution is 2.52. The summed E-state index contributed by atoms with van der Waals surface area (Å²) in [5.74, 6) is 3.28. The fraction of sp³-hybridized carbons (Fsp3) is 0.654. The number of likely N-dealkylation sites (tertiary alicyclic amines) is 1. The Balaban J connectivity index is 1.22. The molecule has 8 heteroatoms. The second kappa shape index (κ2) is 8.47. The molecular weight excluding hydrogens is 448 g/mol. The number of nitrogens with zero attached hydrogens (tertiary/aromatic N) is 3. The lowest BCUT2D eigenvalue weighted by Crippen LogP contribution is -2.45. The van der Waals surface area contributed by atoms with Gasteiger partial charge in [0.05, 0.1) is 17.3 Å². The van der Waals surface area contributed by atoms with Crippen LogP contribution in [0.2, 0.25) is 0 Å². The van der Waals surface area contributed by atoms with Crippen LogP contribution < -0.4 is 5.32 Å². The molecule has 1 N–H and O–H groups in total. The van der Waals surface area contributed by atoms with Gasteiger partial charge in [-0.1, -0.05) is 6.42 Å². The number of carbonyl (C=O) groups excluding carboxylic acids is 2. The summed E-state index contributed by atoms with van der Waals surface area (Å²) in [5, 5.41) is 3.25. The van der Waals surface area contributed by atoms with Crippen LogP contribution in [0.3, 0.4) is 0 Å². The number of nitrogens with one attached hydrogen (secondary N) is 1. The molecule has 1 aliphatic heterocycles. The molecule has 7 nitrogen and oxygen atoms in total. The Bertz CT molecular complexity index is 1090. The Hall–Kier alpha value is -2.22. The maximum atomic E-state index is 13.2. The molecule has 0 aromatic carbocycles. The van der Waals surface area contributed by atoms with E-state index in [0.29, 0.717) is 13.1 Å². The lowest BCUT2D eigenvalue weighted by atomic mass is 9.87. The molecule has 0 spiro atoms. The van der Waals surface area contributed by atoms with Gasteiger partial charge >= 0.3 is 6.09 Å². The van der Waals surface area contributed by atoms with Gasteiger partial charge in [0.1, 0.15) is 11.4 Å². The highest BCUT2D eigenvalue weighted by atomic mass is 32.2. The monoisotopic (exact) mass is 484 g/mol. The molecule has 1 saturated heterocycles. The first-order valence-corrected chi connectivity index (χ1v) is 13.4. The molecule has 2 aromatic rings. The summed E-state index contributed by atoms with van der Waals surface area (Å²) in [6, 6.07) is 4.23. The second-order valence-electron chi connectivity index (χ2n) is 11.7. The van der Waals surface area contributed by atoms with E-state index in [-0.39, 0.29) is 29.8 Å². The maximum Gasteiger partial charge on any atom is 0.410 e. The zero-order chi connectivity index (χ0) is 24.3. The van der Waals surface area contributed by atoms with Gasteiger partial charge in [-0.15, -0.1) is 11.8 Å². The van der Waals surface area contributed by atoms with Crippen molar-refractivity contribution in [2.45, 2.75) is 69.9 Å². The molecule has 34 heavy (non-hydrogen) atoms. The lowest BCUT2D eigenvalue weighted by Gasteiger charge is -2.28. The third-order valence-corrected chi connectivity index (χ3v) is 8.67. The third-order valence-electron chi connectivity index (χ3n) is 7.37. The van der Waals surface area contributed by atoms with Crippen LogP contribution in [0.15, 0.2) is 29.4 Å². The van der Waals surface area contributed by atoms with Crippen molar-refractivity contribution in [1.82, 2.24) is 19.6 Å². The molecule has 0 radical (unpaired) electrons. The molecule has 0 bridgehead atoms. The summed E-state index contributed by atoms with van der Waals surface area (Å²) >= 11 is 1.91. The molecule has 1 unspecified atom stereocenters. The number of hydrogen-bond acceptors (Lipinski definition) is 5. The van der Waals surface area contributed by atoms with Crippen molar-refractivity contribution >= 4 is 29.3 Å². The number of fused-ring (bicyclic) bond motifs is 2. The van der Waals surface area contributed by atoms with E-state index in [0.717, 1.165) is 23.0 Å². The molecule has 3 aliphatic rings. The highest BCUT2D eigenvalue weighted by Gasteiger charge is 2.61. The highest BCUT2D eigenvalue weighted by molar-refractivity contribution is 7.99. The molecular formula is C26H36N4O3S. The number of aromatic nitrogens is 2. The van der Waals surface area contributed by atoms with Crippen LogP contribution in [0.5, 0.6) is 0 Å². The van der Waals surface area contributed by atoms with Gasteiger partial charge in [-0.2, -0.15) is 0 Å². The molecule has 5 rings (SSSR count). The average molecular weight is 485 g/mol. The van der Waals surface area contributed by atoms with E-state index >= 15 is 0 Å².